The Morgan fingerprint density at radius 1 is 1.17 bits per heavy atom. The zero-order valence-corrected chi connectivity index (χ0v) is 11.2. The number of hydrogen-bond acceptors (Lipinski definition) is 6. The molecule has 0 N–H and O–H groups in total. The molecule has 3 heterocycles. The average Bonchev–Trinajstić information content (AvgIpc) is 2.99. The van der Waals surface area contributed by atoms with E-state index in [2.05, 4.69) is 31.0 Å². The molecule has 1 saturated heterocycles. The summed E-state index contributed by atoms with van der Waals surface area (Å²) in [5, 5.41) is 8.00. The molecule has 0 aliphatic carbocycles. The molecule has 0 bridgehead atoms. The lowest BCUT2D eigenvalue weighted by atomic mass is 10.4. The van der Waals surface area contributed by atoms with Crippen molar-refractivity contribution in [3.8, 4) is 11.7 Å². The Kier molecular flexibility index (Phi) is 3.44. The van der Waals surface area contributed by atoms with E-state index < -0.39 is 0 Å². The molecule has 18 heavy (non-hydrogen) atoms. The molecule has 2 aromatic heterocycles. The molecular formula is C11H12BrN3O3. The van der Waals surface area contributed by atoms with Crippen LogP contribution in [0.5, 0.6) is 0 Å². The first kappa shape index (κ1) is 11.9. The van der Waals surface area contributed by atoms with Crippen molar-refractivity contribution in [1.82, 2.24) is 15.1 Å². The number of ether oxygens (including phenoxy) is 1. The maximum absolute atomic E-state index is 5.57. The fourth-order valence-electron chi connectivity index (χ4n) is 1.80. The predicted molar refractivity (Wildman–Crippen MR) is 65.8 cm³/mol. The van der Waals surface area contributed by atoms with Crippen molar-refractivity contribution in [2.45, 2.75) is 6.54 Å². The molecule has 1 aliphatic rings. The van der Waals surface area contributed by atoms with Crippen LogP contribution in [-0.2, 0) is 11.3 Å². The molecule has 0 radical (unpaired) electrons. The Morgan fingerprint density at radius 3 is 2.72 bits per heavy atom. The van der Waals surface area contributed by atoms with Crippen molar-refractivity contribution < 1.29 is 13.6 Å². The van der Waals surface area contributed by atoms with Crippen molar-refractivity contribution in [2.24, 2.45) is 0 Å². The predicted octanol–water partition coefficient (Wildman–Crippen LogP) is 1.92. The quantitative estimate of drug-likeness (QED) is 0.862. The molecule has 0 unspecified atom stereocenters. The average molecular weight is 314 g/mol. The van der Waals surface area contributed by atoms with Gasteiger partial charge in [-0.1, -0.05) is 0 Å². The summed E-state index contributed by atoms with van der Waals surface area (Å²) in [7, 11) is 0. The number of nitrogens with zero attached hydrogens (tertiary/aromatic N) is 3. The van der Waals surface area contributed by atoms with Crippen LogP contribution in [0.4, 0.5) is 0 Å². The maximum atomic E-state index is 5.57. The Morgan fingerprint density at radius 2 is 2.00 bits per heavy atom. The minimum Gasteiger partial charge on any atom is -0.444 e. The van der Waals surface area contributed by atoms with Gasteiger partial charge in [-0.3, -0.25) is 4.90 Å². The zero-order valence-electron chi connectivity index (χ0n) is 9.63. The van der Waals surface area contributed by atoms with Gasteiger partial charge < -0.3 is 13.6 Å². The highest BCUT2D eigenvalue weighted by atomic mass is 79.9. The van der Waals surface area contributed by atoms with Gasteiger partial charge in [0, 0.05) is 13.1 Å². The Hall–Kier alpha value is -1.18. The summed E-state index contributed by atoms with van der Waals surface area (Å²) >= 11 is 3.24. The SMILES string of the molecule is Brc1ccc(-c2nnc(CN3CCOCC3)o2)o1. The fraction of sp³-hybridized carbons (Fsp3) is 0.455. The lowest BCUT2D eigenvalue weighted by Gasteiger charge is -2.24. The van der Waals surface area contributed by atoms with Crippen molar-refractivity contribution in [3.05, 3.63) is 22.7 Å². The molecule has 0 aromatic carbocycles. The zero-order chi connectivity index (χ0) is 12.4. The van der Waals surface area contributed by atoms with E-state index in [9.17, 15) is 0 Å². The second-order valence-corrected chi connectivity index (χ2v) is 4.77. The van der Waals surface area contributed by atoms with Gasteiger partial charge in [0.25, 0.3) is 5.89 Å². The van der Waals surface area contributed by atoms with Crippen LogP contribution in [0.25, 0.3) is 11.7 Å². The van der Waals surface area contributed by atoms with Crippen LogP contribution in [0.1, 0.15) is 5.89 Å². The van der Waals surface area contributed by atoms with E-state index in [1.54, 1.807) is 12.1 Å². The van der Waals surface area contributed by atoms with Crippen LogP contribution >= 0.6 is 15.9 Å². The first-order valence-electron chi connectivity index (χ1n) is 5.69. The summed E-state index contributed by atoms with van der Waals surface area (Å²) < 4.78 is 16.9. The van der Waals surface area contributed by atoms with E-state index >= 15 is 0 Å². The standard InChI is InChI=1S/C11H12BrN3O3/c12-9-2-1-8(17-9)11-14-13-10(18-11)7-15-3-5-16-6-4-15/h1-2H,3-7H2. The topological polar surface area (TPSA) is 64.5 Å². The fourth-order valence-corrected chi connectivity index (χ4v) is 2.10. The van der Waals surface area contributed by atoms with Crippen molar-refractivity contribution in [3.63, 3.8) is 0 Å². The molecule has 3 rings (SSSR count). The van der Waals surface area contributed by atoms with Crippen LogP contribution in [-0.4, -0.2) is 41.4 Å². The summed E-state index contributed by atoms with van der Waals surface area (Å²) in [6.45, 7) is 3.95. The second-order valence-electron chi connectivity index (χ2n) is 3.99. The minimum atomic E-state index is 0.406. The number of hydrogen-bond donors (Lipinski definition) is 0. The van der Waals surface area contributed by atoms with E-state index in [0.717, 1.165) is 26.3 Å². The van der Waals surface area contributed by atoms with Crippen LogP contribution in [0.3, 0.4) is 0 Å². The lowest BCUT2D eigenvalue weighted by Crippen LogP contribution is -2.35. The van der Waals surface area contributed by atoms with Crippen LogP contribution < -0.4 is 0 Å². The molecule has 1 aliphatic heterocycles. The van der Waals surface area contributed by atoms with Crippen molar-refractivity contribution >= 4 is 15.9 Å². The summed E-state index contributed by atoms with van der Waals surface area (Å²) in [6, 6.07) is 3.58. The summed E-state index contributed by atoms with van der Waals surface area (Å²) in [4.78, 5) is 2.22. The highest BCUT2D eigenvalue weighted by Crippen LogP contribution is 2.24. The van der Waals surface area contributed by atoms with Crippen LogP contribution in [0.2, 0.25) is 0 Å². The first-order chi connectivity index (χ1) is 8.81. The second kappa shape index (κ2) is 5.21. The van der Waals surface area contributed by atoms with E-state index in [0.29, 0.717) is 28.8 Å². The van der Waals surface area contributed by atoms with E-state index in [4.69, 9.17) is 13.6 Å². The molecule has 0 amide bonds. The molecular weight excluding hydrogens is 302 g/mol. The van der Waals surface area contributed by atoms with Gasteiger partial charge in [0.2, 0.25) is 5.89 Å². The molecule has 96 valence electrons. The highest BCUT2D eigenvalue weighted by molar-refractivity contribution is 9.10. The summed E-state index contributed by atoms with van der Waals surface area (Å²) in [5.74, 6) is 1.57. The van der Waals surface area contributed by atoms with E-state index in [-0.39, 0.29) is 0 Å². The molecule has 0 atom stereocenters. The Bertz CT molecular complexity index is 519. The van der Waals surface area contributed by atoms with Crippen LogP contribution in [0, 0.1) is 0 Å². The minimum absolute atomic E-state index is 0.406. The Labute approximate surface area is 112 Å². The van der Waals surface area contributed by atoms with Crippen LogP contribution in [0.15, 0.2) is 25.6 Å². The first-order valence-corrected chi connectivity index (χ1v) is 6.49. The molecule has 1 fully saturated rings. The molecule has 6 nitrogen and oxygen atoms in total. The Balaban J connectivity index is 1.69. The number of halogens is 1. The van der Waals surface area contributed by atoms with Crippen molar-refractivity contribution in [1.29, 1.82) is 0 Å². The number of aromatic nitrogens is 2. The van der Waals surface area contributed by atoms with Gasteiger partial charge in [-0.2, -0.15) is 0 Å². The number of morpholine rings is 1. The van der Waals surface area contributed by atoms with Gasteiger partial charge in [0.1, 0.15) is 0 Å². The molecule has 0 saturated carbocycles. The van der Waals surface area contributed by atoms with Gasteiger partial charge in [0.05, 0.1) is 19.8 Å². The lowest BCUT2D eigenvalue weighted by molar-refractivity contribution is 0.0306. The van der Waals surface area contributed by atoms with Gasteiger partial charge in [-0.15, -0.1) is 10.2 Å². The van der Waals surface area contributed by atoms with Gasteiger partial charge in [-0.05, 0) is 28.1 Å². The van der Waals surface area contributed by atoms with Gasteiger partial charge >= 0.3 is 0 Å². The monoisotopic (exact) mass is 313 g/mol. The molecule has 7 heteroatoms. The largest absolute Gasteiger partial charge is 0.444 e. The maximum Gasteiger partial charge on any atom is 0.283 e. The third-order valence-electron chi connectivity index (χ3n) is 2.71. The highest BCUT2D eigenvalue weighted by Gasteiger charge is 2.16. The van der Waals surface area contributed by atoms with E-state index in [1.807, 2.05) is 0 Å². The molecule has 0 spiro atoms. The number of rotatable bonds is 3. The molecule has 2 aromatic rings. The third-order valence-corrected chi connectivity index (χ3v) is 3.14. The van der Waals surface area contributed by atoms with Gasteiger partial charge in [0.15, 0.2) is 10.4 Å². The normalized spacial score (nSPS) is 17.2. The van der Waals surface area contributed by atoms with Gasteiger partial charge in [-0.25, -0.2) is 0 Å². The van der Waals surface area contributed by atoms with E-state index in [1.165, 1.54) is 0 Å². The smallest absolute Gasteiger partial charge is 0.283 e. The number of furan rings is 1. The summed E-state index contributed by atoms with van der Waals surface area (Å²) in [5.41, 5.74) is 0. The summed E-state index contributed by atoms with van der Waals surface area (Å²) in [6.07, 6.45) is 0. The van der Waals surface area contributed by atoms with Crippen molar-refractivity contribution in [2.75, 3.05) is 26.3 Å². The third kappa shape index (κ3) is 2.63.